The summed E-state index contributed by atoms with van der Waals surface area (Å²) in [7, 11) is 0. The second-order valence-corrected chi connectivity index (χ2v) is 6.35. The van der Waals surface area contributed by atoms with Crippen LogP contribution in [0.5, 0.6) is 0 Å². The number of nitrogens with zero attached hydrogens (tertiary/aromatic N) is 2. The van der Waals surface area contributed by atoms with E-state index in [1.54, 1.807) is 0 Å². The van der Waals surface area contributed by atoms with Gasteiger partial charge >= 0.3 is 0 Å². The van der Waals surface area contributed by atoms with E-state index in [0.717, 1.165) is 40.8 Å². The van der Waals surface area contributed by atoms with Crippen LogP contribution in [0, 0.1) is 6.92 Å². The van der Waals surface area contributed by atoms with E-state index >= 15 is 0 Å². The third-order valence-electron chi connectivity index (χ3n) is 3.77. The van der Waals surface area contributed by atoms with Crippen LogP contribution in [0.25, 0.3) is 10.6 Å². The maximum absolute atomic E-state index is 12.7. The van der Waals surface area contributed by atoms with Crippen molar-refractivity contribution in [3.8, 4) is 10.6 Å². The van der Waals surface area contributed by atoms with Crippen LogP contribution in [-0.4, -0.2) is 41.5 Å². The third-order valence-corrected chi connectivity index (χ3v) is 4.97. The number of aromatic nitrogens is 1. The molecule has 5 heteroatoms. The van der Waals surface area contributed by atoms with Crippen molar-refractivity contribution in [2.24, 2.45) is 0 Å². The molecule has 1 amide bonds. The average molecular weight is 301 g/mol. The average Bonchev–Trinajstić information content (AvgIpc) is 2.90. The van der Waals surface area contributed by atoms with E-state index in [4.69, 9.17) is 0 Å². The van der Waals surface area contributed by atoms with Gasteiger partial charge in [0.25, 0.3) is 5.91 Å². The highest BCUT2D eigenvalue weighted by atomic mass is 32.1. The summed E-state index contributed by atoms with van der Waals surface area (Å²) in [6, 6.07) is 10.3. The smallest absolute Gasteiger partial charge is 0.266 e. The lowest BCUT2D eigenvalue weighted by Gasteiger charge is -2.33. The number of carbonyl (C=O) groups is 1. The summed E-state index contributed by atoms with van der Waals surface area (Å²) in [4.78, 5) is 20.0. The van der Waals surface area contributed by atoms with Gasteiger partial charge < -0.3 is 10.2 Å². The fraction of sp³-hybridized carbons (Fsp3) is 0.375. The number of thiazole rings is 1. The monoisotopic (exact) mass is 301 g/mol. The highest BCUT2D eigenvalue weighted by Gasteiger charge is 2.27. The number of amides is 1. The quantitative estimate of drug-likeness (QED) is 0.927. The molecule has 1 fully saturated rings. The van der Waals surface area contributed by atoms with E-state index in [2.05, 4.69) is 17.2 Å². The van der Waals surface area contributed by atoms with Crippen molar-refractivity contribution in [1.29, 1.82) is 0 Å². The minimum atomic E-state index is 0.112. The molecular weight excluding hydrogens is 282 g/mol. The molecule has 1 aliphatic heterocycles. The van der Waals surface area contributed by atoms with Crippen LogP contribution in [0.1, 0.15) is 22.3 Å². The fourth-order valence-corrected chi connectivity index (χ4v) is 3.60. The van der Waals surface area contributed by atoms with Crippen LogP contribution < -0.4 is 5.32 Å². The zero-order valence-corrected chi connectivity index (χ0v) is 13.1. The second-order valence-electron chi connectivity index (χ2n) is 5.35. The van der Waals surface area contributed by atoms with E-state index in [9.17, 15) is 4.79 Å². The van der Waals surface area contributed by atoms with Gasteiger partial charge in [-0.1, -0.05) is 30.3 Å². The maximum atomic E-state index is 12.7. The lowest BCUT2D eigenvalue weighted by Crippen LogP contribution is -2.52. The molecule has 21 heavy (non-hydrogen) atoms. The van der Waals surface area contributed by atoms with Crippen LogP contribution >= 0.6 is 11.3 Å². The maximum Gasteiger partial charge on any atom is 0.266 e. The number of benzene rings is 1. The Kier molecular flexibility index (Phi) is 4.03. The number of hydrogen-bond acceptors (Lipinski definition) is 4. The molecule has 1 aromatic heterocycles. The van der Waals surface area contributed by atoms with E-state index < -0.39 is 0 Å². The summed E-state index contributed by atoms with van der Waals surface area (Å²) in [5.74, 6) is 0.112. The molecule has 3 rings (SSSR count). The number of aryl methyl sites for hydroxylation is 1. The van der Waals surface area contributed by atoms with Crippen molar-refractivity contribution in [2.75, 3.05) is 19.6 Å². The Morgan fingerprint density at radius 1 is 1.38 bits per heavy atom. The summed E-state index contributed by atoms with van der Waals surface area (Å²) >= 11 is 1.49. The number of carbonyl (C=O) groups excluding carboxylic acids is 1. The Morgan fingerprint density at radius 3 is 2.86 bits per heavy atom. The van der Waals surface area contributed by atoms with Gasteiger partial charge in [-0.15, -0.1) is 11.3 Å². The minimum Gasteiger partial charge on any atom is -0.333 e. The van der Waals surface area contributed by atoms with Crippen molar-refractivity contribution < 1.29 is 4.79 Å². The summed E-state index contributed by atoms with van der Waals surface area (Å²) in [5, 5.41) is 4.23. The number of piperazine rings is 1. The summed E-state index contributed by atoms with van der Waals surface area (Å²) < 4.78 is 0. The summed E-state index contributed by atoms with van der Waals surface area (Å²) in [6.07, 6.45) is 0. The van der Waals surface area contributed by atoms with Crippen LogP contribution in [0.2, 0.25) is 0 Å². The van der Waals surface area contributed by atoms with Crippen LogP contribution in [-0.2, 0) is 0 Å². The van der Waals surface area contributed by atoms with Gasteiger partial charge in [-0.3, -0.25) is 4.79 Å². The first-order chi connectivity index (χ1) is 10.2. The molecule has 2 aromatic rings. The van der Waals surface area contributed by atoms with Gasteiger partial charge in [-0.25, -0.2) is 4.98 Å². The molecular formula is C16H19N3OS. The minimum absolute atomic E-state index is 0.112. The predicted molar refractivity (Wildman–Crippen MR) is 85.7 cm³/mol. The highest BCUT2D eigenvalue weighted by Crippen LogP contribution is 2.29. The van der Waals surface area contributed by atoms with Crippen molar-refractivity contribution in [1.82, 2.24) is 15.2 Å². The first-order valence-corrected chi connectivity index (χ1v) is 8.03. The summed E-state index contributed by atoms with van der Waals surface area (Å²) in [6.45, 7) is 6.48. The first kappa shape index (κ1) is 14.2. The Hall–Kier alpha value is -1.72. The van der Waals surface area contributed by atoms with Crippen molar-refractivity contribution >= 4 is 17.2 Å². The third kappa shape index (κ3) is 2.84. The zero-order valence-electron chi connectivity index (χ0n) is 12.3. The van der Waals surface area contributed by atoms with Gasteiger partial charge in [-0.05, 0) is 13.8 Å². The van der Waals surface area contributed by atoms with Gasteiger partial charge in [0.1, 0.15) is 9.88 Å². The van der Waals surface area contributed by atoms with Gasteiger partial charge in [0, 0.05) is 31.2 Å². The molecule has 0 unspecified atom stereocenters. The first-order valence-electron chi connectivity index (χ1n) is 7.21. The molecule has 1 aromatic carbocycles. The van der Waals surface area contributed by atoms with E-state index in [1.807, 2.05) is 42.2 Å². The molecule has 0 saturated carbocycles. The standard InChI is InChI=1S/C16H19N3OS/c1-11-10-17-8-9-19(11)16(20)14-12(2)18-15(21-14)13-6-4-3-5-7-13/h3-7,11,17H,8-10H2,1-2H3/t11-/m1/s1. The molecule has 110 valence electrons. The molecule has 1 N–H and O–H groups in total. The van der Waals surface area contributed by atoms with Crippen LogP contribution in [0.15, 0.2) is 30.3 Å². The number of rotatable bonds is 2. The molecule has 0 spiro atoms. The van der Waals surface area contributed by atoms with Gasteiger partial charge in [0.15, 0.2) is 0 Å². The molecule has 2 heterocycles. The fourth-order valence-electron chi connectivity index (χ4n) is 2.57. The summed E-state index contributed by atoms with van der Waals surface area (Å²) in [5.41, 5.74) is 1.90. The van der Waals surface area contributed by atoms with Gasteiger partial charge in [-0.2, -0.15) is 0 Å². The van der Waals surface area contributed by atoms with Crippen LogP contribution in [0.3, 0.4) is 0 Å². The molecule has 0 radical (unpaired) electrons. The Labute approximate surface area is 128 Å². The van der Waals surface area contributed by atoms with Crippen molar-refractivity contribution in [3.63, 3.8) is 0 Å². The van der Waals surface area contributed by atoms with Gasteiger partial charge in [0.2, 0.25) is 0 Å². The van der Waals surface area contributed by atoms with Gasteiger partial charge in [0.05, 0.1) is 5.69 Å². The number of nitrogens with one attached hydrogen (secondary N) is 1. The second kappa shape index (κ2) is 5.95. The van der Waals surface area contributed by atoms with E-state index in [0.29, 0.717) is 0 Å². The van der Waals surface area contributed by atoms with Crippen molar-refractivity contribution in [3.05, 3.63) is 40.9 Å². The lowest BCUT2D eigenvalue weighted by molar-refractivity contribution is 0.0660. The molecule has 1 saturated heterocycles. The topological polar surface area (TPSA) is 45.2 Å². The normalized spacial score (nSPS) is 18.8. The molecule has 0 bridgehead atoms. The Balaban J connectivity index is 1.89. The van der Waals surface area contributed by atoms with Crippen molar-refractivity contribution in [2.45, 2.75) is 19.9 Å². The Bertz CT molecular complexity index is 638. The predicted octanol–water partition coefficient (Wildman–Crippen LogP) is 2.55. The lowest BCUT2D eigenvalue weighted by atomic mass is 10.2. The largest absolute Gasteiger partial charge is 0.333 e. The SMILES string of the molecule is Cc1nc(-c2ccccc2)sc1C(=O)N1CCNC[C@H]1C. The van der Waals surface area contributed by atoms with Crippen LogP contribution in [0.4, 0.5) is 0 Å². The zero-order chi connectivity index (χ0) is 14.8. The van der Waals surface area contributed by atoms with E-state index in [-0.39, 0.29) is 11.9 Å². The molecule has 0 aliphatic carbocycles. The number of hydrogen-bond donors (Lipinski definition) is 1. The van der Waals surface area contributed by atoms with E-state index in [1.165, 1.54) is 11.3 Å². The molecule has 1 aliphatic rings. The molecule has 1 atom stereocenters. The highest BCUT2D eigenvalue weighted by molar-refractivity contribution is 7.17. The molecule has 4 nitrogen and oxygen atoms in total. The Morgan fingerprint density at radius 2 is 2.14 bits per heavy atom.